The smallest absolute Gasteiger partial charge is 0.317 e. The van der Waals surface area contributed by atoms with E-state index in [1.807, 2.05) is 4.90 Å². The number of amides is 2. The Kier molecular flexibility index (Phi) is 4.95. The third kappa shape index (κ3) is 3.78. The van der Waals surface area contributed by atoms with Crippen LogP contribution in [-0.2, 0) is 0 Å². The molecule has 2 amide bonds. The van der Waals surface area contributed by atoms with Crippen LogP contribution in [0.3, 0.4) is 0 Å². The van der Waals surface area contributed by atoms with Crippen LogP contribution in [0.4, 0.5) is 4.79 Å². The number of rotatable bonds is 6. The van der Waals surface area contributed by atoms with E-state index in [1.165, 1.54) is 25.7 Å². The second kappa shape index (κ2) is 7.11. The van der Waals surface area contributed by atoms with E-state index in [-0.39, 0.29) is 6.03 Å². The Morgan fingerprint density at radius 2 is 2.00 bits per heavy atom. The second-order valence-corrected chi connectivity index (χ2v) is 6.55. The number of likely N-dealkylation sites (tertiary alicyclic amines) is 1. The molecule has 2 fully saturated rings. The Balaban J connectivity index is 1.42. The van der Waals surface area contributed by atoms with Crippen molar-refractivity contribution in [1.29, 1.82) is 0 Å². The zero-order valence-electron chi connectivity index (χ0n) is 13.5. The average molecular weight is 305 g/mol. The molecule has 6 heteroatoms. The number of hydrogen-bond donors (Lipinski definition) is 2. The fraction of sp³-hybridized carbons (Fsp3) is 0.812. The summed E-state index contributed by atoms with van der Waals surface area (Å²) in [5, 5.41) is 10.5. The summed E-state index contributed by atoms with van der Waals surface area (Å²) in [6.07, 6.45) is 7.84. The summed E-state index contributed by atoms with van der Waals surface area (Å²) in [5.41, 5.74) is 0. The molecule has 3 rings (SSSR count). The molecular formula is C16H27N5O. The highest BCUT2D eigenvalue weighted by molar-refractivity contribution is 5.74. The molecule has 0 spiro atoms. The summed E-state index contributed by atoms with van der Waals surface area (Å²) in [5.74, 6) is 3.03. The van der Waals surface area contributed by atoms with Gasteiger partial charge < -0.3 is 10.2 Å². The largest absolute Gasteiger partial charge is 0.338 e. The normalized spacial score (nSPS) is 19.4. The Morgan fingerprint density at radius 1 is 1.23 bits per heavy atom. The van der Waals surface area contributed by atoms with Crippen LogP contribution in [0, 0.1) is 0 Å². The van der Waals surface area contributed by atoms with Gasteiger partial charge in [-0.1, -0.05) is 19.8 Å². The number of urea groups is 1. The molecule has 22 heavy (non-hydrogen) atoms. The molecule has 0 radical (unpaired) electrons. The molecule has 1 aromatic heterocycles. The number of carbonyl (C=O) groups is 1. The highest BCUT2D eigenvalue weighted by Crippen LogP contribution is 2.38. The lowest BCUT2D eigenvalue weighted by Gasteiger charge is -2.31. The molecule has 1 aliphatic carbocycles. The molecule has 2 aliphatic rings. The first-order valence-electron chi connectivity index (χ1n) is 8.73. The fourth-order valence-corrected chi connectivity index (χ4v) is 3.03. The first-order valence-corrected chi connectivity index (χ1v) is 8.73. The number of aromatic amines is 1. The lowest BCUT2D eigenvalue weighted by atomic mass is 9.96. The summed E-state index contributed by atoms with van der Waals surface area (Å²) < 4.78 is 0. The van der Waals surface area contributed by atoms with Crippen molar-refractivity contribution in [1.82, 2.24) is 25.4 Å². The third-order valence-electron chi connectivity index (χ3n) is 4.69. The van der Waals surface area contributed by atoms with Crippen molar-refractivity contribution < 1.29 is 4.79 Å². The van der Waals surface area contributed by atoms with Gasteiger partial charge in [0, 0.05) is 31.5 Å². The van der Waals surface area contributed by atoms with Gasteiger partial charge in [0.1, 0.15) is 5.82 Å². The van der Waals surface area contributed by atoms with Crippen LogP contribution in [0.1, 0.15) is 75.4 Å². The number of H-pyrrole nitrogens is 1. The highest BCUT2D eigenvalue weighted by atomic mass is 16.2. The van der Waals surface area contributed by atoms with Crippen molar-refractivity contribution in [2.45, 2.75) is 63.7 Å². The maximum Gasteiger partial charge on any atom is 0.317 e. The van der Waals surface area contributed by atoms with Gasteiger partial charge >= 0.3 is 6.03 Å². The standard InChI is InChI=1S/C16H27N5O/c1-2-3-4-9-17-16(22)21-10-7-13(8-11-21)15-18-14(19-20-15)12-5-6-12/h12-13H,2-11H2,1H3,(H,17,22)(H,18,19,20). The number of unbranched alkanes of at least 4 members (excludes halogenated alkanes) is 2. The molecule has 1 aromatic rings. The highest BCUT2D eigenvalue weighted by Gasteiger charge is 2.30. The molecule has 0 aromatic carbocycles. The number of nitrogens with zero attached hydrogens (tertiary/aromatic N) is 3. The number of hydrogen-bond acceptors (Lipinski definition) is 3. The molecule has 1 saturated carbocycles. The van der Waals surface area contributed by atoms with Crippen molar-refractivity contribution >= 4 is 6.03 Å². The van der Waals surface area contributed by atoms with E-state index >= 15 is 0 Å². The lowest BCUT2D eigenvalue weighted by Crippen LogP contribution is -2.44. The van der Waals surface area contributed by atoms with Crippen LogP contribution in [0.15, 0.2) is 0 Å². The first kappa shape index (κ1) is 15.3. The van der Waals surface area contributed by atoms with E-state index in [4.69, 9.17) is 0 Å². The molecule has 1 aliphatic heterocycles. The maximum atomic E-state index is 12.1. The number of aromatic nitrogens is 3. The molecule has 0 atom stereocenters. The first-order chi connectivity index (χ1) is 10.8. The summed E-state index contributed by atoms with van der Waals surface area (Å²) >= 11 is 0. The molecule has 2 heterocycles. The molecule has 1 saturated heterocycles. The van der Waals surface area contributed by atoms with Crippen molar-refractivity contribution in [3.8, 4) is 0 Å². The molecule has 6 nitrogen and oxygen atoms in total. The van der Waals surface area contributed by atoms with E-state index in [2.05, 4.69) is 27.4 Å². The monoisotopic (exact) mass is 305 g/mol. The van der Waals surface area contributed by atoms with Crippen LogP contribution < -0.4 is 5.32 Å². The van der Waals surface area contributed by atoms with Gasteiger partial charge in [0.05, 0.1) is 0 Å². The van der Waals surface area contributed by atoms with Gasteiger partial charge in [-0.15, -0.1) is 0 Å². The number of piperidine rings is 1. The Labute approximate surface area is 132 Å². The van der Waals surface area contributed by atoms with Gasteiger partial charge in [-0.2, -0.15) is 5.10 Å². The SMILES string of the molecule is CCCCCNC(=O)N1CCC(c2nc(C3CC3)n[nH]2)CC1. The maximum absolute atomic E-state index is 12.1. The van der Waals surface area contributed by atoms with Crippen LogP contribution >= 0.6 is 0 Å². The van der Waals surface area contributed by atoms with E-state index in [0.29, 0.717) is 11.8 Å². The predicted molar refractivity (Wildman–Crippen MR) is 84.8 cm³/mol. The lowest BCUT2D eigenvalue weighted by molar-refractivity contribution is 0.180. The minimum absolute atomic E-state index is 0.0887. The van der Waals surface area contributed by atoms with Crippen molar-refractivity contribution in [2.75, 3.05) is 19.6 Å². The van der Waals surface area contributed by atoms with Crippen LogP contribution in [-0.4, -0.2) is 45.7 Å². The van der Waals surface area contributed by atoms with Crippen LogP contribution in [0.25, 0.3) is 0 Å². The van der Waals surface area contributed by atoms with Gasteiger partial charge in [0.15, 0.2) is 5.82 Å². The van der Waals surface area contributed by atoms with Gasteiger partial charge in [-0.05, 0) is 32.1 Å². The zero-order valence-corrected chi connectivity index (χ0v) is 13.5. The fourth-order valence-electron chi connectivity index (χ4n) is 3.03. The molecule has 2 N–H and O–H groups in total. The molecule has 0 bridgehead atoms. The van der Waals surface area contributed by atoms with Crippen molar-refractivity contribution in [2.24, 2.45) is 0 Å². The van der Waals surface area contributed by atoms with E-state index in [0.717, 1.165) is 50.5 Å². The summed E-state index contributed by atoms with van der Waals surface area (Å²) in [7, 11) is 0. The summed E-state index contributed by atoms with van der Waals surface area (Å²) in [6, 6.07) is 0.0887. The minimum atomic E-state index is 0.0887. The van der Waals surface area contributed by atoms with Crippen molar-refractivity contribution in [3.05, 3.63) is 11.6 Å². The van der Waals surface area contributed by atoms with E-state index in [1.54, 1.807) is 0 Å². The molecular weight excluding hydrogens is 278 g/mol. The van der Waals surface area contributed by atoms with Crippen LogP contribution in [0.2, 0.25) is 0 Å². The van der Waals surface area contributed by atoms with Gasteiger partial charge in [-0.25, -0.2) is 9.78 Å². The van der Waals surface area contributed by atoms with Crippen LogP contribution in [0.5, 0.6) is 0 Å². The van der Waals surface area contributed by atoms with Gasteiger partial charge in [0.2, 0.25) is 0 Å². The molecule has 0 unspecified atom stereocenters. The van der Waals surface area contributed by atoms with Gasteiger partial charge in [0.25, 0.3) is 0 Å². The Morgan fingerprint density at radius 3 is 2.68 bits per heavy atom. The number of nitrogens with one attached hydrogen (secondary N) is 2. The average Bonchev–Trinajstić information content (AvgIpc) is 3.29. The Hall–Kier alpha value is -1.59. The minimum Gasteiger partial charge on any atom is -0.338 e. The second-order valence-electron chi connectivity index (χ2n) is 6.55. The molecule has 122 valence electrons. The van der Waals surface area contributed by atoms with Crippen molar-refractivity contribution in [3.63, 3.8) is 0 Å². The predicted octanol–water partition coefficient (Wildman–Crippen LogP) is 2.76. The zero-order chi connectivity index (χ0) is 15.4. The third-order valence-corrected chi connectivity index (χ3v) is 4.69. The van der Waals surface area contributed by atoms with Gasteiger partial charge in [-0.3, -0.25) is 5.10 Å². The summed E-state index contributed by atoms with van der Waals surface area (Å²) in [6.45, 7) is 4.58. The quantitative estimate of drug-likeness (QED) is 0.794. The summed E-state index contributed by atoms with van der Waals surface area (Å²) in [4.78, 5) is 18.7. The topological polar surface area (TPSA) is 73.9 Å². The van der Waals surface area contributed by atoms with E-state index < -0.39 is 0 Å². The van der Waals surface area contributed by atoms with E-state index in [9.17, 15) is 4.79 Å². The number of carbonyl (C=O) groups excluding carboxylic acids is 1. The Bertz CT molecular complexity index is 488.